The minimum absolute atomic E-state index is 0.0567. The average Bonchev–Trinajstić information content (AvgIpc) is 2.79. The molecule has 8 nitrogen and oxygen atoms in total. The zero-order valence-electron chi connectivity index (χ0n) is 13.2. The van der Waals surface area contributed by atoms with Gasteiger partial charge in [-0.15, -0.1) is 0 Å². The molecule has 0 aliphatic carbocycles. The van der Waals surface area contributed by atoms with Crippen LogP contribution in [-0.2, 0) is 10.2 Å². The highest BCUT2D eigenvalue weighted by atomic mass is 32.2. The van der Waals surface area contributed by atoms with E-state index in [4.69, 9.17) is 5.73 Å². The number of nitrogens with two attached hydrogens (primary N) is 1. The van der Waals surface area contributed by atoms with Gasteiger partial charge in [-0.1, -0.05) is 13.0 Å². The van der Waals surface area contributed by atoms with Gasteiger partial charge in [0.1, 0.15) is 5.52 Å². The molecular weight excluding hydrogens is 320 g/mol. The summed E-state index contributed by atoms with van der Waals surface area (Å²) in [7, 11) is -3.95. The van der Waals surface area contributed by atoms with Gasteiger partial charge in [-0.2, -0.15) is 16.7 Å². The number of hydrogen-bond acceptors (Lipinski definition) is 5. The average molecular weight is 340 g/mol. The molecule has 1 aromatic carbocycles. The summed E-state index contributed by atoms with van der Waals surface area (Å²) in [6.45, 7) is 5.75. The quantitative estimate of drug-likeness (QED) is 0.823. The Labute approximate surface area is 134 Å². The summed E-state index contributed by atoms with van der Waals surface area (Å²) in [4.78, 5) is 15.2. The topological polar surface area (TPSA) is 119 Å². The number of benzene rings is 1. The van der Waals surface area contributed by atoms with E-state index in [2.05, 4.69) is 4.98 Å². The Morgan fingerprint density at radius 2 is 2.09 bits per heavy atom. The van der Waals surface area contributed by atoms with Crippen molar-refractivity contribution >= 4 is 33.2 Å². The van der Waals surface area contributed by atoms with Crippen molar-refractivity contribution in [2.75, 3.05) is 12.3 Å². The molecule has 126 valence electrons. The van der Waals surface area contributed by atoms with Gasteiger partial charge in [0.15, 0.2) is 0 Å². The summed E-state index contributed by atoms with van der Waals surface area (Å²) in [5, 5.41) is 9.22. The number of carbonyl (C=O) groups is 1. The number of carboxylic acid groups (broad SMARTS) is 1. The van der Waals surface area contributed by atoms with Gasteiger partial charge < -0.3 is 10.8 Å². The summed E-state index contributed by atoms with van der Waals surface area (Å²) >= 11 is 0. The number of anilines is 1. The molecule has 0 spiro atoms. The van der Waals surface area contributed by atoms with Crippen molar-refractivity contribution in [3.63, 3.8) is 0 Å². The first-order valence-electron chi connectivity index (χ1n) is 7.24. The van der Waals surface area contributed by atoms with Crippen LogP contribution in [0.5, 0.6) is 0 Å². The van der Waals surface area contributed by atoms with E-state index in [1.165, 1.54) is 22.5 Å². The van der Waals surface area contributed by atoms with Gasteiger partial charge >= 0.3 is 16.2 Å². The van der Waals surface area contributed by atoms with Crippen molar-refractivity contribution in [3.8, 4) is 0 Å². The van der Waals surface area contributed by atoms with E-state index in [9.17, 15) is 18.3 Å². The number of nitrogens with zero attached hydrogens (tertiary/aromatic N) is 3. The van der Waals surface area contributed by atoms with E-state index >= 15 is 0 Å². The molecular formula is C14H20N4O4S. The van der Waals surface area contributed by atoms with Crippen molar-refractivity contribution in [2.24, 2.45) is 0 Å². The zero-order valence-corrected chi connectivity index (χ0v) is 14.0. The van der Waals surface area contributed by atoms with Gasteiger partial charge in [-0.05, 0) is 32.4 Å². The van der Waals surface area contributed by atoms with E-state index < -0.39 is 16.2 Å². The van der Waals surface area contributed by atoms with Crippen molar-refractivity contribution in [3.05, 3.63) is 23.8 Å². The zero-order chi connectivity index (χ0) is 17.4. The molecule has 0 atom stereocenters. The number of hydrogen-bond donors (Lipinski definition) is 2. The first kappa shape index (κ1) is 17.2. The molecule has 0 unspecified atom stereocenters. The van der Waals surface area contributed by atoms with E-state index in [1.807, 2.05) is 6.92 Å². The molecule has 0 aliphatic rings. The summed E-state index contributed by atoms with van der Waals surface area (Å²) in [6, 6.07) is 4.06. The normalized spacial score (nSPS) is 12.4. The number of para-hydroxylation sites is 1. The Morgan fingerprint density at radius 1 is 1.43 bits per heavy atom. The molecule has 0 saturated heterocycles. The van der Waals surface area contributed by atoms with Gasteiger partial charge in [0, 0.05) is 12.6 Å². The van der Waals surface area contributed by atoms with Crippen molar-refractivity contribution in [1.82, 2.24) is 13.3 Å². The summed E-state index contributed by atoms with van der Waals surface area (Å²) in [5.74, 6) is -1.44. The van der Waals surface area contributed by atoms with Gasteiger partial charge in [0.25, 0.3) is 0 Å². The fourth-order valence-electron chi connectivity index (χ4n) is 2.48. The fourth-order valence-corrected chi connectivity index (χ4v) is 4.31. The number of rotatable bonds is 6. The van der Waals surface area contributed by atoms with Gasteiger partial charge in [0.2, 0.25) is 5.95 Å². The van der Waals surface area contributed by atoms with Crippen LogP contribution in [0.15, 0.2) is 18.2 Å². The molecule has 0 aliphatic heterocycles. The van der Waals surface area contributed by atoms with E-state index in [0.717, 1.165) is 3.97 Å². The van der Waals surface area contributed by atoms with Crippen LogP contribution in [0.1, 0.15) is 37.6 Å². The van der Waals surface area contributed by atoms with Crippen molar-refractivity contribution < 1.29 is 18.3 Å². The Bertz CT molecular complexity index is 842. The van der Waals surface area contributed by atoms with Crippen LogP contribution in [0.2, 0.25) is 0 Å². The van der Waals surface area contributed by atoms with E-state index in [-0.39, 0.29) is 28.6 Å². The monoisotopic (exact) mass is 340 g/mol. The highest BCUT2D eigenvalue weighted by Crippen LogP contribution is 2.25. The lowest BCUT2D eigenvalue weighted by Gasteiger charge is -2.26. The first-order chi connectivity index (χ1) is 10.7. The van der Waals surface area contributed by atoms with Crippen LogP contribution >= 0.6 is 0 Å². The number of carboxylic acids is 1. The van der Waals surface area contributed by atoms with E-state index in [1.54, 1.807) is 13.8 Å². The highest BCUT2D eigenvalue weighted by Gasteiger charge is 2.30. The summed E-state index contributed by atoms with van der Waals surface area (Å²) in [5.41, 5.74) is 5.92. The lowest BCUT2D eigenvalue weighted by molar-refractivity contribution is 0.0699. The number of fused-ring (bicyclic) bond motifs is 1. The van der Waals surface area contributed by atoms with Gasteiger partial charge in [-0.3, -0.25) is 0 Å². The molecule has 2 rings (SSSR count). The summed E-state index contributed by atoms with van der Waals surface area (Å²) < 4.78 is 28.1. The fraction of sp³-hybridized carbons (Fsp3) is 0.429. The molecule has 0 bridgehead atoms. The van der Waals surface area contributed by atoms with Crippen LogP contribution in [0, 0.1) is 0 Å². The van der Waals surface area contributed by atoms with Crippen molar-refractivity contribution in [1.29, 1.82) is 0 Å². The molecule has 0 fully saturated rings. The molecule has 2 aromatic rings. The SMILES string of the molecule is CCCN(C(C)C)S(=O)(=O)n1c(N)nc2c(C(=O)O)cccc21. The maximum atomic E-state index is 13.0. The number of imidazole rings is 1. The predicted molar refractivity (Wildman–Crippen MR) is 87.6 cm³/mol. The maximum Gasteiger partial charge on any atom is 0.337 e. The maximum absolute atomic E-state index is 13.0. The Kier molecular flexibility index (Phi) is 4.62. The summed E-state index contributed by atoms with van der Waals surface area (Å²) in [6.07, 6.45) is 0.643. The van der Waals surface area contributed by atoms with Crippen LogP contribution in [0.25, 0.3) is 11.0 Å². The molecule has 0 amide bonds. The highest BCUT2D eigenvalue weighted by molar-refractivity contribution is 7.87. The van der Waals surface area contributed by atoms with Crippen LogP contribution in [0.3, 0.4) is 0 Å². The van der Waals surface area contributed by atoms with Crippen LogP contribution < -0.4 is 5.73 Å². The molecule has 0 saturated carbocycles. The second-order valence-electron chi connectivity index (χ2n) is 5.43. The molecule has 3 N–H and O–H groups in total. The number of aromatic carboxylic acids is 1. The van der Waals surface area contributed by atoms with Crippen LogP contribution in [-0.4, -0.2) is 45.3 Å². The standard InChI is InChI=1S/C14H20N4O4S/c1-4-8-17(9(2)3)23(21,22)18-11-7-5-6-10(13(19)20)12(11)16-14(18)15/h5-7,9H,4,8H2,1-3H3,(H2,15,16)(H,19,20). The van der Waals surface area contributed by atoms with Gasteiger partial charge in [0.05, 0.1) is 11.1 Å². The van der Waals surface area contributed by atoms with Gasteiger partial charge in [-0.25, -0.2) is 9.78 Å². The molecule has 1 heterocycles. The third-order valence-electron chi connectivity index (χ3n) is 3.45. The lowest BCUT2D eigenvalue weighted by Crippen LogP contribution is -2.41. The second kappa shape index (κ2) is 6.17. The number of nitrogen functional groups attached to an aromatic ring is 1. The van der Waals surface area contributed by atoms with Crippen LogP contribution in [0.4, 0.5) is 5.95 Å². The third-order valence-corrected chi connectivity index (χ3v) is 5.49. The third kappa shape index (κ3) is 2.89. The molecule has 23 heavy (non-hydrogen) atoms. The largest absolute Gasteiger partial charge is 0.478 e. The number of aromatic nitrogens is 2. The molecule has 9 heteroatoms. The first-order valence-corrected chi connectivity index (χ1v) is 8.64. The minimum atomic E-state index is -3.95. The van der Waals surface area contributed by atoms with Crippen molar-refractivity contribution in [2.45, 2.75) is 33.2 Å². The predicted octanol–water partition coefficient (Wildman–Crippen LogP) is 1.53. The molecule has 0 radical (unpaired) electrons. The Morgan fingerprint density at radius 3 is 2.61 bits per heavy atom. The smallest absolute Gasteiger partial charge is 0.337 e. The second-order valence-corrected chi connectivity index (χ2v) is 7.15. The molecule has 1 aromatic heterocycles. The Balaban J connectivity index is 2.75. The minimum Gasteiger partial charge on any atom is -0.478 e. The lowest BCUT2D eigenvalue weighted by atomic mass is 10.2. The Hall–Kier alpha value is -2.13. The van der Waals surface area contributed by atoms with E-state index in [0.29, 0.717) is 13.0 Å².